The lowest BCUT2D eigenvalue weighted by atomic mass is 10.1. The Morgan fingerprint density at radius 1 is 1.47 bits per heavy atom. The highest BCUT2D eigenvalue weighted by molar-refractivity contribution is 5.04. The molecule has 1 heterocycles. The maximum absolute atomic E-state index is 5.77. The highest BCUT2D eigenvalue weighted by Gasteiger charge is 2.41. The molecule has 1 aromatic rings. The van der Waals surface area contributed by atoms with Crippen LogP contribution in [0.2, 0.25) is 0 Å². The van der Waals surface area contributed by atoms with Gasteiger partial charge in [0, 0.05) is 19.3 Å². The van der Waals surface area contributed by atoms with Crippen molar-refractivity contribution in [2.24, 2.45) is 11.1 Å². The second-order valence-electron chi connectivity index (χ2n) is 4.70. The van der Waals surface area contributed by atoms with E-state index in [1.807, 2.05) is 18.3 Å². The van der Waals surface area contributed by atoms with Crippen LogP contribution < -0.4 is 5.73 Å². The number of hydrogen-bond donors (Lipinski definition) is 1. The molecule has 82 valence electrons. The molecule has 1 aliphatic carbocycles. The Balaban J connectivity index is 1.85. The minimum atomic E-state index is 0.420. The fourth-order valence-electron chi connectivity index (χ4n) is 2.00. The molecule has 1 aliphatic rings. The van der Waals surface area contributed by atoms with Crippen LogP contribution in [0.4, 0.5) is 0 Å². The van der Waals surface area contributed by atoms with Crippen molar-refractivity contribution in [3.8, 4) is 0 Å². The molecular formula is C12H19N3. The van der Waals surface area contributed by atoms with Crippen LogP contribution in [0.15, 0.2) is 24.4 Å². The van der Waals surface area contributed by atoms with Crippen molar-refractivity contribution in [1.29, 1.82) is 0 Å². The molecule has 0 unspecified atom stereocenters. The zero-order valence-electron chi connectivity index (χ0n) is 9.32. The van der Waals surface area contributed by atoms with Crippen LogP contribution in [-0.4, -0.2) is 30.0 Å². The summed E-state index contributed by atoms with van der Waals surface area (Å²) in [4.78, 5) is 6.64. The second-order valence-corrected chi connectivity index (χ2v) is 4.70. The molecule has 2 rings (SSSR count). The van der Waals surface area contributed by atoms with Crippen molar-refractivity contribution in [1.82, 2.24) is 9.88 Å². The summed E-state index contributed by atoms with van der Waals surface area (Å²) in [5.41, 5.74) is 7.32. The van der Waals surface area contributed by atoms with E-state index < -0.39 is 0 Å². The van der Waals surface area contributed by atoms with Crippen LogP contribution in [0.25, 0.3) is 0 Å². The van der Waals surface area contributed by atoms with E-state index in [1.165, 1.54) is 12.8 Å². The van der Waals surface area contributed by atoms with Gasteiger partial charge in [-0.3, -0.25) is 9.88 Å². The minimum absolute atomic E-state index is 0.420. The van der Waals surface area contributed by atoms with Gasteiger partial charge in [-0.1, -0.05) is 6.07 Å². The Hall–Kier alpha value is -0.930. The lowest BCUT2D eigenvalue weighted by molar-refractivity contribution is 0.257. The van der Waals surface area contributed by atoms with Crippen molar-refractivity contribution in [3.05, 3.63) is 30.1 Å². The maximum atomic E-state index is 5.77. The average Bonchev–Trinajstić information content (AvgIpc) is 3.00. The first kappa shape index (κ1) is 10.6. The molecule has 0 radical (unpaired) electrons. The quantitative estimate of drug-likeness (QED) is 0.786. The molecular weight excluding hydrogens is 186 g/mol. The monoisotopic (exact) mass is 205 g/mol. The zero-order chi connectivity index (χ0) is 10.7. The molecule has 0 spiro atoms. The summed E-state index contributed by atoms with van der Waals surface area (Å²) in [5.74, 6) is 0. The lowest BCUT2D eigenvalue weighted by Crippen LogP contribution is -2.31. The molecule has 1 fully saturated rings. The van der Waals surface area contributed by atoms with E-state index in [2.05, 4.69) is 23.0 Å². The van der Waals surface area contributed by atoms with E-state index in [0.29, 0.717) is 5.41 Å². The average molecular weight is 205 g/mol. The first-order chi connectivity index (χ1) is 7.24. The molecule has 0 amide bonds. The minimum Gasteiger partial charge on any atom is -0.330 e. The summed E-state index contributed by atoms with van der Waals surface area (Å²) in [6.45, 7) is 2.84. The molecule has 0 aliphatic heterocycles. The Morgan fingerprint density at radius 3 is 2.80 bits per heavy atom. The van der Waals surface area contributed by atoms with Gasteiger partial charge in [-0.05, 0) is 44.0 Å². The Kier molecular flexibility index (Phi) is 3.03. The lowest BCUT2D eigenvalue weighted by Gasteiger charge is -2.22. The number of nitrogens with zero attached hydrogens (tertiary/aromatic N) is 2. The van der Waals surface area contributed by atoms with Gasteiger partial charge in [-0.15, -0.1) is 0 Å². The van der Waals surface area contributed by atoms with E-state index in [1.54, 1.807) is 0 Å². The molecule has 1 saturated carbocycles. The van der Waals surface area contributed by atoms with Crippen LogP contribution in [0.3, 0.4) is 0 Å². The number of nitrogens with two attached hydrogens (primary N) is 1. The fourth-order valence-corrected chi connectivity index (χ4v) is 2.00. The third kappa shape index (κ3) is 2.76. The summed E-state index contributed by atoms with van der Waals surface area (Å²) >= 11 is 0. The van der Waals surface area contributed by atoms with Crippen LogP contribution in [0.5, 0.6) is 0 Å². The number of hydrogen-bond acceptors (Lipinski definition) is 3. The molecule has 3 heteroatoms. The SMILES string of the molecule is CN(Cc1ccccn1)CC1(CN)CC1. The van der Waals surface area contributed by atoms with E-state index >= 15 is 0 Å². The summed E-state index contributed by atoms with van der Waals surface area (Å²) in [6, 6.07) is 6.05. The van der Waals surface area contributed by atoms with Gasteiger partial charge in [-0.2, -0.15) is 0 Å². The van der Waals surface area contributed by atoms with Gasteiger partial charge >= 0.3 is 0 Å². The molecule has 3 nitrogen and oxygen atoms in total. The largest absolute Gasteiger partial charge is 0.330 e. The Labute approximate surface area is 91.3 Å². The van der Waals surface area contributed by atoms with Gasteiger partial charge in [-0.25, -0.2) is 0 Å². The van der Waals surface area contributed by atoms with Gasteiger partial charge in [0.05, 0.1) is 5.69 Å². The van der Waals surface area contributed by atoms with Gasteiger partial charge in [0.1, 0.15) is 0 Å². The predicted molar refractivity (Wildman–Crippen MR) is 61.3 cm³/mol. The summed E-state index contributed by atoms with van der Waals surface area (Å²) in [7, 11) is 2.14. The van der Waals surface area contributed by atoms with E-state index in [-0.39, 0.29) is 0 Å². The smallest absolute Gasteiger partial charge is 0.0543 e. The number of rotatable bonds is 5. The normalized spacial score (nSPS) is 18.1. The topological polar surface area (TPSA) is 42.2 Å². The second kappa shape index (κ2) is 4.29. The standard InChI is InChI=1S/C12H19N3/c1-15(10-12(9-13)5-6-12)8-11-4-2-3-7-14-11/h2-4,7H,5-6,8-10,13H2,1H3. The highest BCUT2D eigenvalue weighted by Crippen LogP contribution is 2.44. The highest BCUT2D eigenvalue weighted by atomic mass is 15.1. The Morgan fingerprint density at radius 2 is 2.27 bits per heavy atom. The van der Waals surface area contributed by atoms with Crippen molar-refractivity contribution in [2.75, 3.05) is 20.1 Å². The van der Waals surface area contributed by atoms with Gasteiger partial charge < -0.3 is 5.73 Å². The molecule has 0 aromatic carbocycles. The maximum Gasteiger partial charge on any atom is 0.0543 e. The van der Waals surface area contributed by atoms with E-state index in [0.717, 1.165) is 25.3 Å². The first-order valence-electron chi connectivity index (χ1n) is 5.53. The third-order valence-corrected chi connectivity index (χ3v) is 3.15. The molecule has 0 bridgehead atoms. The molecule has 15 heavy (non-hydrogen) atoms. The molecule has 0 atom stereocenters. The van der Waals surface area contributed by atoms with Crippen molar-refractivity contribution in [2.45, 2.75) is 19.4 Å². The van der Waals surface area contributed by atoms with Crippen molar-refractivity contribution < 1.29 is 0 Å². The summed E-state index contributed by atoms with van der Waals surface area (Å²) < 4.78 is 0. The number of aromatic nitrogens is 1. The van der Waals surface area contributed by atoms with E-state index in [9.17, 15) is 0 Å². The predicted octanol–water partition coefficient (Wildman–Crippen LogP) is 1.25. The van der Waals surface area contributed by atoms with Gasteiger partial charge in [0.15, 0.2) is 0 Å². The summed E-state index contributed by atoms with van der Waals surface area (Å²) in [6.07, 6.45) is 4.42. The van der Waals surface area contributed by atoms with Gasteiger partial charge in [0.25, 0.3) is 0 Å². The van der Waals surface area contributed by atoms with E-state index in [4.69, 9.17) is 5.73 Å². The summed E-state index contributed by atoms with van der Waals surface area (Å²) in [5, 5.41) is 0. The fraction of sp³-hybridized carbons (Fsp3) is 0.583. The van der Waals surface area contributed by atoms with Crippen LogP contribution in [0.1, 0.15) is 18.5 Å². The van der Waals surface area contributed by atoms with Gasteiger partial charge in [0.2, 0.25) is 0 Å². The zero-order valence-corrected chi connectivity index (χ0v) is 9.32. The molecule has 1 aromatic heterocycles. The van der Waals surface area contributed by atoms with Crippen molar-refractivity contribution >= 4 is 0 Å². The van der Waals surface area contributed by atoms with Crippen molar-refractivity contribution in [3.63, 3.8) is 0 Å². The third-order valence-electron chi connectivity index (χ3n) is 3.15. The van der Waals surface area contributed by atoms with Crippen LogP contribution >= 0.6 is 0 Å². The molecule has 0 saturated heterocycles. The molecule has 2 N–H and O–H groups in total. The van der Waals surface area contributed by atoms with Crippen LogP contribution in [0, 0.1) is 5.41 Å². The van der Waals surface area contributed by atoms with Crippen LogP contribution in [-0.2, 0) is 6.54 Å². The number of pyridine rings is 1. The first-order valence-corrected chi connectivity index (χ1v) is 5.53. The Bertz CT molecular complexity index is 306.